The molecule has 0 aromatic heterocycles. The summed E-state index contributed by atoms with van der Waals surface area (Å²) >= 11 is 1.92. The number of carbonyl (C=O) groups is 1. The van der Waals surface area contributed by atoms with E-state index in [4.69, 9.17) is 4.74 Å². The molecule has 120 valence electrons. The van der Waals surface area contributed by atoms with E-state index in [0.717, 1.165) is 37.7 Å². The molecule has 0 bridgehead atoms. The Labute approximate surface area is 136 Å². The average molecular weight is 320 g/mol. The fourth-order valence-electron chi connectivity index (χ4n) is 3.01. The van der Waals surface area contributed by atoms with E-state index >= 15 is 0 Å². The smallest absolute Gasteiger partial charge is 0.253 e. The number of nitrogens with zero attached hydrogens (tertiary/aromatic N) is 2. The van der Waals surface area contributed by atoms with E-state index < -0.39 is 0 Å². The van der Waals surface area contributed by atoms with Crippen molar-refractivity contribution in [1.82, 2.24) is 9.80 Å². The number of aryl methyl sites for hydroxylation is 1. The molecule has 1 atom stereocenters. The Morgan fingerprint density at radius 3 is 2.82 bits per heavy atom. The van der Waals surface area contributed by atoms with Crippen molar-refractivity contribution in [1.29, 1.82) is 0 Å². The summed E-state index contributed by atoms with van der Waals surface area (Å²) in [5.41, 5.74) is 2.65. The lowest BCUT2D eigenvalue weighted by atomic mass is 10.1. The van der Waals surface area contributed by atoms with Gasteiger partial charge < -0.3 is 9.64 Å². The minimum absolute atomic E-state index is 0.176. The molecule has 2 heterocycles. The van der Waals surface area contributed by atoms with E-state index in [1.807, 2.05) is 16.7 Å². The van der Waals surface area contributed by atoms with Gasteiger partial charge in [-0.2, -0.15) is 11.8 Å². The van der Waals surface area contributed by atoms with Crippen LogP contribution in [0.3, 0.4) is 0 Å². The van der Waals surface area contributed by atoms with Gasteiger partial charge in [-0.3, -0.25) is 9.69 Å². The molecule has 0 saturated carbocycles. The summed E-state index contributed by atoms with van der Waals surface area (Å²) in [6.45, 7) is 7.01. The lowest BCUT2D eigenvalue weighted by Gasteiger charge is -2.36. The molecule has 0 radical (unpaired) electrons. The number of hydrogen-bond acceptors (Lipinski definition) is 4. The lowest BCUT2D eigenvalue weighted by molar-refractivity contribution is -0.149. The number of rotatable bonds is 3. The summed E-state index contributed by atoms with van der Waals surface area (Å²) in [5.74, 6) is 2.27. The summed E-state index contributed by atoms with van der Waals surface area (Å²) in [5, 5.41) is 0. The zero-order valence-electron chi connectivity index (χ0n) is 13.2. The summed E-state index contributed by atoms with van der Waals surface area (Å²) in [6, 6.07) is 8.46. The Kier molecular flexibility index (Phi) is 5.39. The molecule has 1 amide bonds. The fourth-order valence-corrected chi connectivity index (χ4v) is 3.91. The largest absolute Gasteiger partial charge is 0.366 e. The van der Waals surface area contributed by atoms with Crippen molar-refractivity contribution in [3.63, 3.8) is 0 Å². The van der Waals surface area contributed by atoms with Crippen molar-refractivity contribution < 1.29 is 9.53 Å². The maximum atomic E-state index is 12.6. The Morgan fingerprint density at radius 2 is 2.05 bits per heavy atom. The Balaban J connectivity index is 1.59. The first-order valence-electron chi connectivity index (χ1n) is 7.99. The maximum absolute atomic E-state index is 12.6. The lowest BCUT2D eigenvalue weighted by Crippen LogP contribution is -2.52. The third-order valence-electron chi connectivity index (χ3n) is 4.40. The van der Waals surface area contributed by atoms with Gasteiger partial charge >= 0.3 is 0 Å². The predicted octanol–water partition coefficient (Wildman–Crippen LogP) is 1.77. The number of morpholine rings is 1. The normalized spacial score (nSPS) is 23.5. The fraction of sp³-hybridized carbons (Fsp3) is 0.588. The third-order valence-corrected chi connectivity index (χ3v) is 5.35. The molecular formula is C17H24N2O2S. The summed E-state index contributed by atoms with van der Waals surface area (Å²) < 4.78 is 5.75. The van der Waals surface area contributed by atoms with Gasteiger partial charge in [-0.25, -0.2) is 0 Å². The summed E-state index contributed by atoms with van der Waals surface area (Å²) in [7, 11) is 0. The second-order valence-electron chi connectivity index (χ2n) is 5.96. The van der Waals surface area contributed by atoms with Crippen LogP contribution in [-0.2, 0) is 16.1 Å². The molecule has 22 heavy (non-hydrogen) atoms. The highest BCUT2D eigenvalue weighted by Gasteiger charge is 2.30. The van der Waals surface area contributed by atoms with Crippen LogP contribution in [0, 0.1) is 6.92 Å². The van der Waals surface area contributed by atoms with Gasteiger partial charge in [-0.05, 0) is 18.1 Å². The zero-order chi connectivity index (χ0) is 15.4. The highest BCUT2D eigenvalue weighted by molar-refractivity contribution is 7.99. The predicted molar refractivity (Wildman–Crippen MR) is 90.1 cm³/mol. The number of thioether (sulfide) groups is 1. The van der Waals surface area contributed by atoms with Gasteiger partial charge in [0.15, 0.2) is 0 Å². The van der Waals surface area contributed by atoms with Gasteiger partial charge in [0.25, 0.3) is 5.91 Å². The van der Waals surface area contributed by atoms with Gasteiger partial charge in [-0.15, -0.1) is 0 Å². The monoisotopic (exact) mass is 320 g/mol. The van der Waals surface area contributed by atoms with Crippen molar-refractivity contribution in [3.05, 3.63) is 35.4 Å². The van der Waals surface area contributed by atoms with Crippen LogP contribution in [0.25, 0.3) is 0 Å². The topological polar surface area (TPSA) is 32.8 Å². The van der Waals surface area contributed by atoms with Gasteiger partial charge in [-0.1, -0.05) is 24.3 Å². The number of hydrogen-bond donors (Lipinski definition) is 0. The van der Waals surface area contributed by atoms with Crippen LogP contribution in [-0.4, -0.2) is 66.1 Å². The summed E-state index contributed by atoms with van der Waals surface area (Å²) in [6.07, 6.45) is -0.291. The number of carbonyl (C=O) groups excluding carboxylic acids is 1. The van der Waals surface area contributed by atoms with Crippen LogP contribution < -0.4 is 0 Å². The van der Waals surface area contributed by atoms with E-state index in [1.165, 1.54) is 11.1 Å². The quantitative estimate of drug-likeness (QED) is 0.850. The number of amides is 1. The van der Waals surface area contributed by atoms with E-state index in [1.54, 1.807) is 0 Å². The number of ether oxygens (including phenoxy) is 1. The van der Waals surface area contributed by atoms with Gasteiger partial charge in [0.05, 0.1) is 6.61 Å². The zero-order valence-corrected chi connectivity index (χ0v) is 14.0. The summed E-state index contributed by atoms with van der Waals surface area (Å²) in [4.78, 5) is 16.9. The molecule has 1 aromatic carbocycles. The molecular weight excluding hydrogens is 296 g/mol. The van der Waals surface area contributed by atoms with Gasteiger partial charge in [0.2, 0.25) is 0 Å². The highest BCUT2D eigenvalue weighted by atomic mass is 32.2. The molecule has 2 saturated heterocycles. The maximum Gasteiger partial charge on any atom is 0.253 e. The van der Waals surface area contributed by atoms with Crippen molar-refractivity contribution in [2.24, 2.45) is 0 Å². The molecule has 5 heteroatoms. The molecule has 2 fully saturated rings. The first kappa shape index (κ1) is 15.8. The van der Waals surface area contributed by atoms with Gasteiger partial charge in [0, 0.05) is 44.2 Å². The Bertz CT molecular complexity index is 517. The molecule has 0 N–H and O–H groups in total. The first-order valence-corrected chi connectivity index (χ1v) is 9.14. The average Bonchev–Trinajstić information content (AvgIpc) is 2.57. The second kappa shape index (κ2) is 7.49. The minimum Gasteiger partial charge on any atom is -0.366 e. The van der Waals surface area contributed by atoms with E-state index in [-0.39, 0.29) is 12.0 Å². The number of benzene rings is 1. The van der Waals surface area contributed by atoms with Crippen LogP contribution in [0.4, 0.5) is 0 Å². The van der Waals surface area contributed by atoms with Crippen LogP contribution in [0.15, 0.2) is 24.3 Å². The Morgan fingerprint density at radius 1 is 1.27 bits per heavy atom. The van der Waals surface area contributed by atoms with Gasteiger partial charge in [0.1, 0.15) is 6.10 Å². The molecule has 0 spiro atoms. The van der Waals surface area contributed by atoms with Crippen molar-refractivity contribution in [2.75, 3.05) is 44.3 Å². The van der Waals surface area contributed by atoms with Crippen molar-refractivity contribution in [3.8, 4) is 0 Å². The molecule has 1 aromatic rings. The van der Waals surface area contributed by atoms with Crippen LogP contribution in [0.2, 0.25) is 0 Å². The molecule has 2 aliphatic heterocycles. The molecule has 4 nitrogen and oxygen atoms in total. The Hall–Kier alpha value is -1.04. The van der Waals surface area contributed by atoms with E-state index in [9.17, 15) is 4.79 Å². The van der Waals surface area contributed by atoms with Crippen molar-refractivity contribution in [2.45, 2.75) is 19.6 Å². The molecule has 2 aliphatic rings. The molecule has 0 aliphatic carbocycles. The SMILES string of the molecule is Cc1ccccc1CN1CCOC(C(=O)N2CCSCC2)C1. The van der Waals surface area contributed by atoms with Crippen LogP contribution in [0.5, 0.6) is 0 Å². The van der Waals surface area contributed by atoms with E-state index in [2.05, 4.69) is 36.1 Å². The van der Waals surface area contributed by atoms with Crippen molar-refractivity contribution >= 4 is 17.7 Å². The van der Waals surface area contributed by atoms with E-state index in [0.29, 0.717) is 13.2 Å². The second-order valence-corrected chi connectivity index (χ2v) is 7.18. The minimum atomic E-state index is -0.291. The third kappa shape index (κ3) is 3.83. The molecule has 1 unspecified atom stereocenters. The first-order chi connectivity index (χ1) is 10.7. The highest BCUT2D eigenvalue weighted by Crippen LogP contribution is 2.17. The molecule has 3 rings (SSSR count). The van der Waals surface area contributed by atoms with Crippen LogP contribution >= 0.6 is 11.8 Å². The standard InChI is InChI=1S/C17H24N2O2S/c1-14-4-2-3-5-15(14)12-18-6-9-21-16(13-18)17(20)19-7-10-22-11-8-19/h2-5,16H,6-13H2,1H3. The van der Waals surface area contributed by atoms with Crippen LogP contribution in [0.1, 0.15) is 11.1 Å².